The van der Waals surface area contributed by atoms with Crippen LogP contribution in [0.5, 0.6) is 0 Å². The molecule has 0 amide bonds. The molecule has 0 fully saturated rings. The van der Waals surface area contributed by atoms with E-state index >= 15 is 0 Å². The fraction of sp³-hybridized carbons (Fsp3) is 0.111. The molecule has 0 spiro atoms. The van der Waals surface area contributed by atoms with Gasteiger partial charge in [-0.15, -0.1) is 11.3 Å². The summed E-state index contributed by atoms with van der Waals surface area (Å²) in [6.07, 6.45) is 0. The third-order valence-corrected chi connectivity index (χ3v) is 3.06. The smallest absolute Gasteiger partial charge is 0.268 e. The van der Waals surface area contributed by atoms with Gasteiger partial charge in [0, 0.05) is 11.3 Å². The van der Waals surface area contributed by atoms with E-state index in [2.05, 4.69) is 22.8 Å². The molecule has 0 bridgehead atoms. The number of thiophene rings is 1. The van der Waals surface area contributed by atoms with E-state index < -0.39 is 0 Å². The van der Waals surface area contributed by atoms with E-state index in [0.29, 0.717) is 11.3 Å². The highest BCUT2D eigenvalue weighted by Crippen LogP contribution is 2.21. The fourth-order valence-corrected chi connectivity index (χ4v) is 2.03. The van der Waals surface area contributed by atoms with Crippen LogP contribution in [0, 0.1) is 0 Å². The number of hydrogen-bond acceptors (Lipinski definition) is 4. The number of rotatable bonds is 2. The first-order valence-corrected chi connectivity index (χ1v) is 5.56. The van der Waals surface area contributed by atoms with E-state index in [9.17, 15) is 4.79 Å². The van der Waals surface area contributed by atoms with Crippen molar-refractivity contribution in [1.29, 1.82) is 0 Å². The van der Waals surface area contributed by atoms with Crippen molar-refractivity contribution in [2.75, 3.05) is 0 Å². The van der Waals surface area contributed by atoms with E-state index in [-0.39, 0.29) is 5.56 Å². The van der Waals surface area contributed by atoms with E-state index in [1.54, 1.807) is 17.4 Å². The molecule has 14 heavy (non-hydrogen) atoms. The zero-order valence-corrected chi connectivity index (χ0v) is 8.94. The molecule has 2 rings (SSSR count). The summed E-state index contributed by atoms with van der Waals surface area (Å²) in [6, 6.07) is 5.69. The minimum Gasteiger partial charge on any atom is -0.268 e. The fourth-order valence-electron chi connectivity index (χ4n) is 1.11. The Morgan fingerprint density at radius 3 is 3.07 bits per heavy atom. The summed E-state index contributed by atoms with van der Waals surface area (Å²) in [5, 5.41) is 8.40. The Labute approximate surface area is 90.2 Å². The largest absolute Gasteiger partial charge is 0.268 e. The standard InChI is InChI=1S/C9H8N2OS2/c12-9-6(5-13)4-7(10-11-9)8-2-1-3-14-8/h1-4,13H,5H2,(H,11,12). The number of nitrogens with zero attached hydrogens (tertiary/aromatic N) is 1. The molecule has 3 nitrogen and oxygen atoms in total. The predicted molar refractivity (Wildman–Crippen MR) is 60.9 cm³/mol. The molecule has 2 aromatic rings. The number of aromatic amines is 1. The minimum atomic E-state index is -0.166. The maximum atomic E-state index is 11.2. The summed E-state index contributed by atoms with van der Waals surface area (Å²) in [5.74, 6) is 0.427. The van der Waals surface area contributed by atoms with Gasteiger partial charge in [0.1, 0.15) is 5.69 Å². The van der Waals surface area contributed by atoms with E-state index in [0.717, 1.165) is 10.6 Å². The summed E-state index contributed by atoms with van der Waals surface area (Å²) >= 11 is 5.67. The van der Waals surface area contributed by atoms with Crippen LogP contribution in [0.2, 0.25) is 0 Å². The lowest BCUT2D eigenvalue weighted by atomic mass is 10.2. The highest BCUT2D eigenvalue weighted by Gasteiger charge is 2.04. The van der Waals surface area contributed by atoms with Crippen LogP contribution < -0.4 is 5.56 Å². The van der Waals surface area contributed by atoms with Crippen LogP contribution in [-0.2, 0) is 5.75 Å². The SMILES string of the molecule is O=c1[nH]nc(-c2cccs2)cc1CS. The van der Waals surface area contributed by atoms with Crippen molar-refractivity contribution in [2.45, 2.75) is 5.75 Å². The molecule has 5 heteroatoms. The Bertz CT molecular complexity index is 476. The van der Waals surface area contributed by atoms with Crippen LogP contribution in [0.4, 0.5) is 0 Å². The lowest BCUT2D eigenvalue weighted by Crippen LogP contribution is -2.12. The van der Waals surface area contributed by atoms with Crippen molar-refractivity contribution in [2.24, 2.45) is 0 Å². The van der Waals surface area contributed by atoms with Crippen LogP contribution in [0.25, 0.3) is 10.6 Å². The van der Waals surface area contributed by atoms with Gasteiger partial charge in [-0.25, -0.2) is 5.10 Å². The first kappa shape index (κ1) is 9.48. The van der Waals surface area contributed by atoms with E-state index in [1.807, 2.05) is 17.5 Å². The topological polar surface area (TPSA) is 45.8 Å². The van der Waals surface area contributed by atoms with Gasteiger partial charge in [-0.3, -0.25) is 4.79 Å². The van der Waals surface area contributed by atoms with Crippen LogP contribution in [0.3, 0.4) is 0 Å². The lowest BCUT2D eigenvalue weighted by Gasteiger charge is -1.98. The maximum absolute atomic E-state index is 11.2. The Hall–Kier alpha value is -1.07. The van der Waals surface area contributed by atoms with Gasteiger partial charge in [0.2, 0.25) is 0 Å². The zero-order valence-electron chi connectivity index (χ0n) is 7.23. The summed E-state index contributed by atoms with van der Waals surface area (Å²) in [7, 11) is 0. The first-order valence-electron chi connectivity index (χ1n) is 4.04. The van der Waals surface area contributed by atoms with Crippen molar-refractivity contribution in [3.05, 3.63) is 39.5 Å². The average molecular weight is 224 g/mol. The van der Waals surface area contributed by atoms with Crippen LogP contribution in [0.1, 0.15) is 5.56 Å². The van der Waals surface area contributed by atoms with Gasteiger partial charge in [-0.1, -0.05) is 6.07 Å². The molecule has 0 aliphatic heterocycles. The van der Waals surface area contributed by atoms with Gasteiger partial charge in [0.15, 0.2) is 0 Å². The van der Waals surface area contributed by atoms with Crippen molar-refractivity contribution < 1.29 is 0 Å². The molecule has 72 valence electrons. The average Bonchev–Trinajstić information content (AvgIpc) is 2.71. The van der Waals surface area contributed by atoms with Gasteiger partial charge >= 0.3 is 0 Å². The van der Waals surface area contributed by atoms with Gasteiger partial charge in [0.25, 0.3) is 5.56 Å². The van der Waals surface area contributed by atoms with Gasteiger partial charge < -0.3 is 0 Å². The highest BCUT2D eigenvalue weighted by molar-refractivity contribution is 7.79. The molecule has 0 saturated carbocycles. The molecule has 0 aliphatic carbocycles. The van der Waals surface area contributed by atoms with Crippen molar-refractivity contribution >= 4 is 24.0 Å². The first-order chi connectivity index (χ1) is 6.81. The predicted octanol–water partition coefficient (Wildman–Crippen LogP) is 1.93. The van der Waals surface area contributed by atoms with Crippen LogP contribution >= 0.6 is 24.0 Å². The quantitative estimate of drug-likeness (QED) is 0.766. The molecule has 2 heterocycles. The zero-order chi connectivity index (χ0) is 9.97. The molecule has 1 N–H and O–H groups in total. The Morgan fingerprint density at radius 2 is 2.43 bits per heavy atom. The van der Waals surface area contributed by atoms with Gasteiger partial charge in [0.05, 0.1) is 4.88 Å². The molecule has 0 saturated heterocycles. The Balaban J connectivity index is 2.51. The van der Waals surface area contributed by atoms with Crippen LogP contribution in [0.15, 0.2) is 28.4 Å². The molecule has 2 aromatic heterocycles. The number of thiol groups is 1. The van der Waals surface area contributed by atoms with Crippen molar-refractivity contribution in [3.63, 3.8) is 0 Å². The van der Waals surface area contributed by atoms with Crippen LogP contribution in [-0.4, -0.2) is 10.2 Å². The Kier molecular flexibility index (Phi) is 2.69. The lowest BCUT2D eigenvalue weighted by molar-refractivity contribution is 0.975. The normalized spacial score (nSPS) is 10.4. The number of hydrogen-bond donors (Lipinski definition) is 2. The summed E-state index contributed by atoms with van der Waals surface area (Å²) < 4.78 is 0. The molecule has 0 atom stereocenters. The summed E-state index contributed by atoms with van der Waals surface area (Å²) in [4.78, 5) is 12.3. The highest BCUT2D eigenvalue weighted by atomic mass is 32.1. The van der Waals surface area contributed by atoms with Gasteiger partial charge in [-0.05, 0) is 17.5 Å². The Morgan fingerprint density at radius 1 is 1.57 bits per heavy atom. The number of nitrogens with one attached hydrogen (secondary N) is 1. The molecule has 0 aromatic carbocycles. The molecular weight excluding hydrogens is 216 g/mol. The summed E-state index contributed by atoms with van der Waals surface area (Å²) in [6.45, 7) is 0. The summed E-state index contributed by atoms with van der Waals surface area (Å²) in [5.41, 5.74) is 1.27. The van der Waals surface area contributed by atoms with E-state index in [4.69, 9.17) is 0 Å². The second kappa shape index (κ2) is 3.98. The second-order valence-electron chi connectivity index (χ2n) is 2.74. The van der Waals surface area contributed by atoms with E-state index in [1.165, 1.54) is 0 Å². The second-order valence-corrected chi connectivity index (χ2v) is 4.01. The third-order valence-electron chi connectivity index (χ3n) is 1.82. The maximum Gasteiger partial charge on any atom is 0.268 e. The monoisotopic (exact) mass is 224 g/mol. The molecular formula is C9H8N2OS2. The van der Waals surface area contributed by atoms with Crippen molar-refractivity contribution in [1.82, 2.24) is 10.2 Å². The molecule has 0 unspecified atom stereocenters. The van der Waals surface area contributed by atoms with Gasteiger partial charge in [-0.2, -0.15) is 17.7 Å². The third kappa shape index (κ3) is 1.73. The van der Waals surface area contributed by atoms with Crippen molar-refractivity contribution in [3.8, 4) is 10.6 Å². The number of H-pyrrole nitrogens is 1. The number of aromatic nitrogens is 2. The molecule has 0 aliphatic rings. The molecule has 0 radical (unpaired) electrons. The minimum absolute atomic E-state index is 0.166.